The van der Waals surface area contributed by atoms with Crippen LogP contribution < -0.4 is 20.8 Å². The number of carboxylic acid groups (broad SMARTS) is 1. The van der Waals surface area contributed by atoms with Crippen LogP contribution in [-0.2, 0) is 14.9 Å². The molecule has 1 aromatic heterocycles. The lowest BCUT2D eigenvalue weighted by Gasteiger charge is -2.24. The van der Waals surface area contributed by atoms with E-state index >= 15 is 4.39 Å². The van der Waals surface area contributed by atoms with Crippen molar-refractivity contribution in [3.8, 4) is 5.75 Å². The third-order valence-electron chi connectivity index (χ3n) is 5.50. The molecule has 33 heavy (non-hydrogen) atoms. The van der Waals surface area contributed by atoms with Crippen molar-refractivity contribution in [2.24, 2.45) is 5.73 Å². The smallest absolute Gasteiger partial charge is 0.341 e. The van der Waals surface area contributed by atoms with Crippen LogP contribution in [-0.4, -0.2) is 74.3 Å². The number of anilines is 1. The fourth-order valence-corrected chi connectivity index (χ4v) is 3.96. The number of benzene rings is 1. The van der Waals surface area contributed by atoms with Gasteiger partial charge in [-0.3, -0.25) is 9.35 Å². The molecule has 2 heterocycles. The summed E-state index contributed by atoms with van der Waals surface area (Å²) in [4.78, 5) is 26.0. The Balaban J connectivity index is 0.000000555. The summed E-state index contributed by atoms with van der Waals surface area (Å²) in [6.07, 6.45) is 3.51. The molecule has 0 spiro atoms. The number of fused-ring (bicyclic) bond motifs is 1. The molecule has 2 atom stereocenters. The number of carbonyl (C=O) groups is 1. The minimum absolute atomic E-state index is 0.00307. The number of pyridine rings is 1. The van der Waals surface area contributed by atoms with E-state index in [1.54, 1.807) is 16.6 Å². The number of aromatic carboxylic acids is 1. The number of hydrogen-bond donors (Lipinski definition) is 3. The third kappa shape index (κ3) is 5.27. The molecule has 13 heteroatoms. The summed E-state index contributed by atoms with van der Waals surface area (Å²) in [5, 5.41) is 9.38. The normalized spacial score (nSPS) is 20.5. The number of methoxy groups -OCH3 is 2. The van der Waals surface area contributed by atoms with E-state index in [2.05, 4.69) is 0 Å². The van der Waals surface area contributed by atoms with Crippen molar-refractivity contribution < 1.29 is 36.7 Å². The summed E-state index contributed by atoms with van der Waals surface area (Å²) in [6, 6.07) is 0.873. The van der Waals surface area contributed by atoms with Crippen LogP contribution in [0.25, 0.3) is 10.9 Å². The molecule has 0 amide bonds. The third-order valence-corrected chi connectivity index (χ3v) is 5.50. The monoisotopic (exact) mass is 487 g/mol. The maximum Gasteiger partial charge on any atom is 0.341 e. The molecule has 11 nitrogen and oxygen atoms in total. The second-order valence-corrected chi connectivity index (χ2v) is 9.49. The Hall–Kier alpha value is -2.74. The number of halogens is 1. The average Bonchev–Trinajstić information content (AvgIpc) is 3.48. The van der Waals surface area contributed by atoms with Gasteiger partial charge in [0.05, 0.1) is 36.4 Å². The standard InChI is InChI=1S/C19H22FN3O5.CH4O3S/c1-27-14-8-22(7-13(14)21)16-12(20)5-10-15(18(16)28-2)23(9-3-4-9)6-11(17(10)24)19(25)26;1-5(2,3)4/h5-6,9,13-14H,3-4,7-8,21H2,1-2H3,(H,25,26);1H3,(H,2,3,4)/t13-,14+;/m0./s1. The van der Waals surface area contributed by atoms with Crippen LogP contribution in [0, 0.1) is 5.82 Å². The topological polar surface area (TPSA) is 161 Å². The lowest BCUT2D eigenvalue weighted by Crippen LogP contribution is -2.34. The summed E-state index contributed by atoms with van der Waals surface area (Å²) >= 11 is 0. The van der Waals surface area contributed by atoms with E-state index in [9.17, 15) is 23.1 Å². The number of ether oxygens (including phenoxy) is 2. The number of carboxylic acids is 1. The average molecular weight is 488 g/mol. The quantitative estimate of drug-likeness (QED) is 0.516. The van der Waals surface area contributed by atoms with Gasteiger partial charge in [0.15, 0.2) is 11.6 Å². The van der Waals surface area contributed by atoms with Gasteiger partial charge in [-0.1, -0.05) is 0 Å². The molecule has 0 unspecified atom stereocenters. The van der Waals surface area contributed by atoms with E-state index in [0.29, 0.717) is 24.9 Å². The Bertz CT molecular complexity index is 1230. The minimum atomic E-state index is -3.67. The Morgan fingerprint density at radius 1 is 1.27 bits per heavy atom. The van der Waals surface area contributed by atoms with Crippen LogP contribution in [0.1, 0.15) is 29.2 Å². The van der Waals surface area contributed by atoms with E-state index in [0.717, 1.165) is 18.9 Å². The van der Waals surface area contributed by atoms with Crippen LogP contribution in [0.3, 0.4) is 0 Å². The van der Waals surface area contributed by atoms with E-state index in [1.807, 2.05) is 0 Å². The molecular weight excluding hydrogens is 461 g/mol. The van der Waals surface area contributed by atoms with Crippen molar-refractivity contribution in [3.05, 3.63) is 33.9 Å². The van der Waals surface area contributed by atoms with Crippen LogP contribution in [0.15, 0.2) is 17.1 Å². The van der Waals surface area contributed by atoms with Gasteiger partial charge in [-0.15, -0.1) is 0 Å². The first-order valence-corrected chi connectivity index (χ1v) is 11.9. The lowest BCUT2D eigenvalue weighted by molar-refractivity contribution is 0.0694. The molecule has 1 saturated carbocycles. The SMILES string of the molecule is COc1c(N2C[C@H](N)[C@H](OC)C2)c(F)cc2c(=O)c(C(=O)O)cn(C3CC3)c12.CS(=O)(=O)O. The summed E-state index contributed by atoms with van der Waals surface area (Å²) in [5.74, 6) is -1.78. The Morgan fingerprint density at radius 3 is 2.33 bits per heavy atom. The van der Waals surface area contributed by atoms with Crippen LogP contribution in [0.4, 0.5) is 10.1 Å². The van der Waals surface area contributed by atoms with Gasteiger partial charge >= 0.3 is 5.97 Å². The van der Waals surface area contributed by atoms with Gasteiger partial charge in [-0.2, -0.15) is 8.42 Å². The maximum atomic E-state index is 15.1. The first kappa shape index (κ1) is 24.9. The zero-order valence-electron chi connectivity index (χ0n) is 18.3. The van der Waals surface area contributed by atoms with Gasteiger partial charge in [0, 0.05) is 32.4 Å². The largest absolute Gasteiger partial charge is 0.492 e. The molecule has 1 aromatic carbocycles. The summed E-state index contributed by atoms with van der Waals surface area (Å²) in [5.41, 5.74) is 5.60. The highest BCUT2D eigenvalue weighted by atomic mass is 32.2. The molecule has 2 aromatic rings. The number of rotatable bonds is 5. The molecule has 1 aliphatic carbocycles. The van der Waals surface area contributed by atoms with Crippen molar-refractivity contribution in [2.45, 2.75) is 31.0 Å². The number of aromatic nitrogens is 1. The van der Waals surface area contributed by atoms with E-state index in [4.69, 9.17) is 19.8 Å². The first-order valence-electron chi connectivity index (χ1n) is 10.0. The molecule has 1 aliphatic heterocycles. The molecule has 2 aliphatic rings. The van der Waals surface area contributed by atoms with Gasteiger partial charge in [0.2, 0.25) is 5.43 Å². The van der Waals surface area contributed by atoms with Gasteiger partial charge in [0.1, 0.15) is 11.3 Å². The first-order chi connectivity index (χ1) is 15.4. The van der Waals surface area contributed by atoms with Crippen molar-refractivity contribution in [2.75, 3.05) is 38.5 Å². The fourth-order valence-electron chi connectivity index (χ4n) is 3.96. The highest BCUT2D eigenvalue weighted by Crippen LogP contribution is 2.44. The zero-order valence-corrected chi connectivity index (χ0v) is 19.1. The van der Waals surface area contributed by atoms with Gasteiger partial charge in [-0.25, -0.2) is 9.18 Å². The van der Waals surface area contributed by atoms with Crippen molar-refractivity contribution >= 4 is 32.7 Å². The zero-order chi connectivity index (χ0) is 24.7. The number of nitrogens with two attached hydrogens (primary N) is 1. The summed E-state index contributed by atoms with van der Waals surface area (Å²) in [7, 11) is -0.700. The predicted molar refractivity (Wildman–Crippen MR) is 118 cm³/mol. The van der Waals surface area contributed by atoms with Crippen LogP contribution in [0.5, 0.6) is 5.75 Å². The number of nitrogens with zero attached hydrogens (tertiary/aromatic N) is 2. The molecule has 0 radical (unpaired) electrons. The molecule has 4 N–H and O–H groups in total. The van der Waals surface area contributed by atoms with E-state index in [-0.39, 0.29) is 40.6 Å². The van der Waals surface area contributed by atoms with Crippen LogP contribution >= 0.6 is 0 Å². The second-order valence-electron chi connectivity index (χ2n) is 8.03. The van der Waals surface area contributed by atoms with Crippen molar-refractivity contribution in [1.29, 1.82) is 0 Å². The highest BCUT2D eigenvalue weighted by molar-refractivity contribution is 7.85. The Morgan fingerprint density at radius 2 is 1.88 bits per heavy atom. The maximum absolute atomic E-state index is 15.1. The molecule has 2 fully saturated rings. The molecule has 1 saturated heterocycles. The van der Waals surface area contributed by atoms with Gasteiger partial charge in [-0.05, 0) is 18.9 Å². The summed E-state index contributed by atoms with van der Waals surface area (Å²) < 4.78 is 53.7. The van der Waals surface area contributed by atoms with E-state index in [1.165, 1.54) is 13.3 Å². The van der Waals surface area contributed by atoms with Crippen LogP contribution in [0.2, 0.25) is 0 Å². The molecular formula is C20H26FN3O8S. The fraction of sp³-hybridized carbons (Fsp3) is 0.500. The van der Waals surface area contributed by atoms with Crippen molar-refractivity contribution in [1.82, 2.24) is 4.57 Å². The van der Waals surface area contributed by atoms with E-state index < -0.39 is 27.3 Å². The lowest BCUT2D eigenvalue weighted by atomic mass is 10.1. The molecule has 4 rings (SSSR count). The predicted octanol–water partition coefficient (Wildman–Crippen LogP) is 0.849. The van der Waals surface area contributed by atoms with Gasteiger partial charge in [0.25, 0.3) is 10.1 Å². The van der Waals surface area contributed by atoms with Crippen molar-refractivity contribution in [3.63, 3.8) is 0 Å². The Labute approximate surface area is 189 Å². The Kier molecular flexibility index (Phi) is 6.98. The second kappa shape index (κ2) is 9.25. The number of hydrogen-bond acceptors (Lipinski definition) is 8. The summed E-state index contributed by atoms with van der Waals surface area (Å²) in [6.45, 7) is 0.759. The minimum Gasteiger partial charge on any atom is -0.492 e. The molecule has 0 bridgehead atoms. The van der Waals surface area contributed by atoms with Gasteiger partial charge < -0.3 is 29.8 Å². The molecule has 182 valence electrons. The highest BCUT2D eigenvalue weighted by Gasteiger charge is 2.36.